The van der Waals surface area contributed by atoms with E-state index in [9.17, 15) is 8.42 Å². The first-order valence-electron chi connectivity index (χ1n) is 4.94. The molecule has 0 amide bonds. The van der Waals surface area contributed by atoms with E-state index in [1.165, 1.54) is 0 Å². The van der Waals surface area contributed by atoms with Gasteiger partial charge in [0.05, 0.1) is 17.7 Å². The molecule has 1 saturated heterocycles. The zero-order valence-corrected chi connectivity index (χ0v) is 9.50. The maximum Gasteiger partial charge on any atom is 0.154 e. The summed E-state index contributed by atoms with van der Waals surface area (Å²) in [5.41, 5.74) is 0.768. The number of nitrogens with one attached hydrogen (secondary N) is 1. The molecule has 0 saturated carbocycles. The van der Waals surface area contributed by atoms with E-state index >= 15 is 0 Å². The second kappa shape index (κ2) is 3.94. The van der Waals surface area contributed by atoms with E-state index < -0.39 is 9.84 Å². The van der Waals surface area contributed by atoms with E-state index in [4.69, 9.17) is 0 Å². The highest BCUT2D eigenvalue weighted by Gasteiger charge is 2.24. The zero-order valence-electron chi connectivity index (χ0n) is 8.68. The molecule has 5 nitrogen and oxygen atoms in total. The number of rotatable bonds is 4. The minimum atomic E-state index is -2.97. The van der Waals surface area contributed by atoms with Crippen LogP contribution in [0, 0.1) is 5.92 Å². The van der Waals surface area contributed by atoms with E-state index in [1.807, 2.05) is 0 Å². The predicted molar refractivity (Wildman–Crippen MR) is 57.1 cm³/mol. The smallest absolute Gasteiger partial charge is 0.154 e. The Kier molecular flexibility index (Phi) is 2.79. The van der Waals surface area contributed by atoms with E-state index in [-0.39, 0.29) is 11.5 Å². The lowest BCUT2D eigenvalue weighted by molar-refractivity contribution is 0.378. The largest absolute Gasteiger partial charge is 0.316 e. The summed E-state index contributed by atoms with van der Waals surface area (Å²) in [5.74, 6) is 0.693. The van der Waals surface area contributed by atoms with Gasteiger partial charge >= 0.3 is 0 Å². The Bertz CT molecular complexity index is 434. The van der Waals surface area contributed by atoms with Crippen LogP contribution in [0.3, 0.4) is 0 Å². The molecule has 84 valence electrons. The third kappa shape index (κ3) is 2.79. The summed E-state index contributed by atoms with van der Waals surface area (Å²) < 4.78 is 25.1. The Hall–Kier alpha value is -0.880. The normalized spacial score (nSPS) is 17.7. The van der Waals surface area contributed by atoms with Gasteiger partial charge in [0.15, 0.2) is 9.84 Å². The second-order valence-corrected chi connectivity index (χ2v) is 6.21. The van der Waals surface area contributed by atoms with E-state index in [1.54, 1.807) is 24.1 Å². The topological polar surface area (TPSA) is 64.0 Å². The summed E-state index contributed by atoms with van der Waals surface area (Å²) >= 11 is 0. The molecular formula is C9H15N3O2S. The number of nitrogens with zero attached hydrogens (tertiary/aromatic N) is 2. The van der Waals surface area contributed by atoms with Gasteiger partial charge < -0.3 is 5.32 Å². The summed E-state index contributed by atoms with van der Waals surface area (Å²) in [6.07, 6.45) is 3.35. The van der Waals surface area contributed by atoms with Gasteiger partial charge in [-0.25, -0.2) is 8.42 Å². The molecule has 1 aromatic heterocycles. The monoisotopic (exact) mass is 229 g/mol. The van der Waals surface area contributed by atoms with Crippen molar-refractivity contribution >= 4 is 9.84 Å². The average molecular weight is 229 g/mol. The molecule has 0 bridgehead atoms. The van der Waals surface area contributed by atoms with E-state index in [2.05, 4.69) is 10.4 Å². The van der Waals surface area contributed by atoms with Crippen molar-refractivity contribution in [2.24, 2.45) is 13.0 Å². The number of hydrogen-bond donors (Lipinski definition) is 1. The van der Waals surface area contributed by atoms with Crippen LogP contribution < -0.4 is 5.32 Å². The molecule has 0 radical (unpaired) electrons. The maximum absolute atomic E-state index is 11.7. The van der Waals surface area contributed by atoms with Crippen molar-refractivity contribution in [1.29, 1.82) is 0 Å². The van der Waals surface area contributed by atoms with Crippen molar-refractivity contribution in [1.82, 2.24) is 15.1 Å². The number of sulfone groups is 1. The highest BCUT2D eigenvalue weighted by atomic mass is 32.2. The lowest BCUT2D eigenvalue weighted by atomic mass is 10.1. The molecule has 1 N–H and O–H groups in total. The fourth-order valence-electron chi connectivity index (χ4n) is 1.68. The molecule has 15 heavy (non-hydrogen) atoms. The molecule has 1 fully saturated rings. The van der Waals surface area contributed by atoms with Gasteiger partial charge in [0.1, 0.15) is 0 Å². The molecule has 0 unspecified atom stereocenters. The first-order chi connectivity index (χ1) is 7.05. The first-order valence-corrected chi connectivity index (χ1v) is 6.76. The van der Waals surface area contributed by atoms with Crippen LogP contribution in [0.5, 0.6) is 0 Å². The summed E-state index contributed by atoms with van der Waals surface area (Å²) in [4.78, 5) is 0. The van der Waals surface area contributed by atoms with Crippen molar-refractivity contribution in [2.75, 3.05) is 18.8 Å². The van der Waals surface area contributed by atoms with Crippen LogP contribution in [0.25, 0.3) is 0 Å². The predicted octanol–water partition coefficient (Wildman–Crippen LogP) is -0.446. The van der Waals surface area contributed by atoms with Crippen LogP contribution in [0.2, 0.25) is 0 Å². The van der Waals surface area contributed by atoms with E-state index in [0.717, 1.165) is 18.7 Å². The summed E-state index contributed by atoms with van der Waals surface area (Å²) in [5, 5.41) is 7.02. The average Bonchev–Trinajstić information content (AvgIpc) is 2.43. The van der Waals surface area contributed by atoms with Crippen LogP contribution in [-0.2, 0) is 22.6 Å². The highest BCUT2D eigenvalue weighted by molar-refractivity contribution is 7.90. The summed E-state index contributed by atoms with van der Waals surface area (Å²) in [7, 11) is -1.19. The van der Waals surface area contributed by atoms with Crippen molar-refractivity contribution in [3.63, 3.8) is 0 Å². The molecule has 2 heterocycles. The minimum Gasteiger partial charge on any atom is -0.316 e. The van der Waals surface area contributed by atoms with Crippen molar-refractivity contribution in [3.8, 4) is 0 Å². The van der Waals surface area contributed by atoms with Gasteiger partial charge in [-0.2, -0.15) is 5.10 Å². The summed E-state index contributed by atoms with van der Waals surface area (Å²) in [6, 6.07) is 0. The lowest BCUT2D eigenvalue weighted by Crippen LogP contribution is -2.45. The molecule has 0 aromatic carbocycles. The fourth-order valence-corrected chi connectivity index (χ4v) is 3.41. The van der Waals surface area contributed by atoms with Crippen molar-refractivity contribution < 1.29 is 8.42 Å². The lowest BCUT2D eigenvalue weighted by Gasteiger charge is -2.26. The number of aryl methyl sites for hydroxylation is 1. The first kappa shape index (κ1) is 10.6. The molecule has 2 rings (SSSR count). The Morgan fingerprint density at radius 3 is 2.80 bits per heavy atom. The van der Waals surface area contributed by atoms with Gasteiger partial charge in [-0.1, -0.05) is 0 Å². The quantitative estimate of drug-likeness (QED) is 0.760. The Morgan fingerprint density at radius 1 is 1.60 bits per heavy atom. The molecule has 0 atom stereocenters. The maximum atomic E-state index is 11.7. The van der Waals surface area contributed by atoms with Gasteiger partial charge in [0.2, 0.25) is 0 Å². The fraction of sp³-hybridized carbons (Fsp3) is 0.667. The summed E-state index contributed by atoms with van der Waals surface area (Å²) in [6.45, 7) is 1.65. The molecule has 0 aliphatic carbocycles. The van der Waals surface area contributed by atoms with Gasteiger partial charge in [0, 0.05) is 31.9 Å². The second-order valence-electron chi connectivity index (χ2n) is 4.10. The van der Waals surface area contributed by atoms with Gasteiger partial charge in [0.25, 0.3) is 0 Å². The third-order valence-electron chi connectivity index (χ3n) is 2.50. The van der Waals surface area contributed by atoms with Gasteiger partial charge in [-0.3, -0.25) is 4.68 Å². The molecular weight excluding hydrogens is 214 g/mol. The van der Waals surface area contributed by atoms with Crippen molar-refractivity contribution in [3.05, 3.63) is 18.0 Å². The molecule has 6 heteroatoms. The molecule has 0 spiro atoms. The van der Waals surface area contributed by atoms with E-state index in [0.29, 0.717) is 5.92 Å². The van der Waals surface area contributed by atoms with Crippen LogP contribution in [-0.4, -0.2) is 37.0 Å². The number of hydrogen-bond acceptors (Lipinski definition) is 4. The Labute approximate surface area is 89.4 Å². The minimum absolute atomic E-state index is 0.108. The van der Waals surface area contributed by atoms with Crippen molar-refractivity contribution in [2.45, 2.75) is 5.75 Å². The molecule has 1 aliphatic heterocycles. The van der Waals surface area contributed by atoms with Crippen LogP contribution in [0.15, 0.2) is 12.4 Å². The van der Waals surface area contributed by atoms with Crippen LogP contribution >= 0.6 is 0 Å². The standard InChI is InChI=1S/C9H15N3O2S/c1-12-5-9(4-11-12)7-15(13,14)6-8-2-10-3-8/h4-5,8,10H,2-3,6-7H2,1H3. The molecule has 1 aliphatic rings. The number of aromatic nitrogens is 2. The van der Waals surface area contributed by atoms with Gasteiger partial charge in [-0.05, 0) is 5.92 Å². The SMILES string of the molecule is Cn1cc(CS(=O)(=O)CC2CNC2)cn1. The third-order valence-corrected chi connectivity index (χ3v) is 4.25. The van der Waals surface area contributed by atoms with Crippen LogP contribution in [0.4, 0.5) is 0 Å². The Morgan fingerprint density at radius 2 is 2.33 bits per heavy atom. The van der Waals surface area contributed by atoms with Gasteiger partial charge in [-0.15, -0.1) is 0 Å². The molecule has 1 aromatic rings. The Balaban J connectivity index is 1.97. The van der Waals surface area contributed by atoms with Crippen LogP contribution in [0.1, 0.15) is 5.56 Å². The highest BCUT2D eigenvalue weighted by Crippen LogP contribution is 2.12. The zero-order chi connectivity index (χ0) is 10.9.